The number of benzene rings is 1. The molecule has 0 spiro atoms. The summed E-state index contributed by atoms with van der Waals surface area (Å²) in [5, 5.41) is 1.97. The van der Waals surface area contributed by atoms with E-state index in [0.717, 1.165) is 4.90 Å². The third-order valence-electron chi connectivity index (χ3n) is 3.03. The predicted molar refractivity (Wildman–Crippen MR) is 74.1 cm³/mol. The lowest BCUT2D eigenvalue weighted by atomic mass is 10.1. The van der Waals surface area contributed by atoms with Gasteiger partial charge in [0.25, 0.3) is 0 Å². The van der Waals surface area contributed by atoms with Gasteiger partial charge in [-0.05, 0) is 18.2 Å². The number of thioether (sulfide) groups is 1. The number of nitrogens with zero attached hydrogens (tertiary/aromatic N) is 1. The van der Waals surface area contributed by atoms with E-state index in [1.54, 1.807) is 0 Å². The minimum Gasteiger partial charge on any atom is -0.325 e. The SMILES string of the molecule is O=C(CN1CSCC1=O)Nc1cc(C(F)(F)F)cc(C(F)(F)F)c1. The molecular weight excluding hydrogens is 362 g/mol. The second-order valence-electron chi connectivity index (χ2n) is 4.91. The Kier molecular flexibility index (Phi) is 5.02. The van der Waals surface area contributed by atoms with Crippen LogP contribution in [0.4, 0.5) is 32.0 Å². The monoisotopic (exact) mass is 372 g/mol. The lowest BCUT2D eigenvalue weighted by molar-refractivity contribution is -0.143. The first-order valence-corrected chi connectivity index (χ1v) is 7.57. The van der Waals surface area contributed by atoms with Crippen LogP contribution in [0.25, 0.3) is 0 Å². The van der Waals surface area contributed by atoms with Gasteiger partial charge in [0.2, 0.25) is 11.8 Å². The number of halogens is 6. The van der Waals surface area contributed by atoms with Crippen LogP contribution in [0.1, 0.15) is 11.1 Å². The number of hydrogen-bond donors (Lipinski definition) is 1. The topological polar surface area (TPSA) is 49.4 Å². The fourth-order valence-electron chi connectivity index (χ4n) is 1.94. The van der Waals surface area contributed by atoms with E-state index in [2.05, 4.69) is 0 Å². The van der Waals surface area contributed by atoms with Gasteiger partial charge < -0.3 is 10.2 Å². The van der Waals surface area contributed by atoms with Crippen LogP contribution in [0.3, 0.4) is 0 Å². The van der Waals surface area contributed by atoms with Crippen molar-refractivity contribution in [2.45, 2.75) is 12.4 Å². The second-order valence-corrected chi connectivity index (χ2v) is 5.87. The van der Waals surface area contributed by atoms with E-state index in [9.17, 15) is 35.9 Å². The average Bonchev–Trinajstić information content (AvgIpc) is 2.81. The molecule has 1 fully saturated rings. The Balaban J connectivity index is 2.22. The normalized spacial score (nSPS) is 15.8. The lowest BCUT2D eigenvalue weighted by Gasteiger charge is -2.17. The van der Waals surface area contributed by atoms with Crippen LogP contribution in [-0.2, 0) is 21.9 Å². The minimum atomic E-state index is -5.00. The molecule has 11 heteroatoms. The molecule has 1 aromatic rings. The molecule has 0 saturated carbocycles. The minimum absolute atomic E-state index is 0.0315. The maximum atomic E-state index is 12.7. The van der Waals surface area contributed by atoms with Gasteiger partial charge in [0, 0.05) is 5.69 Å². The molecule has 0 bridgehead atoms. The molecule has 1 N–H and O–H groups in total. The molecule has 1 saturated heterocycles. The standard InChI is InChI=1S/C13H10F6N2O2S/c14-12(15,16)7-1-8(13(17,18)19)3-9(2-7)20-10(22)4-21-6-24-5-11(21)23/h1-3H,4-6H2,(H,20,22). The molecule has 132 valence electrons. The van der Waals surface area contributed by atoms with Crippen molar-refractivity contribution >= 4 is 29.3 Å². The van der Waals surface area contributed by atoms with Crippen molar-refractivity contribution in [1.82, 2.24) is 4.90 Å². The highest BCUT2D eigenvalue weighted by molar-refractivity contribution is 8.00. The van der Waals surface area contributed by atoms with E-state index < -0.39 is 41.6 Å². The van der Waals surface area contributed by atoms with Crippen molar-refractivity contribution < 1.29 is 35.9 Å². The summed E-state index contributed by atoms with van der Waals surface area (Å²) in [6.45, 7) is -0.441. The fraction of sp³-hybridized carbons (Fsp3) is 0.385. The van der Waals surface area contributed by atoms with E-state index in [1.165, 1.54) is 11.8 Å². The van der Waals surface area contributed by atoms with Crippen LogP contribution in [0.5, 0.6) is 0 Å². The van der Waals surface area contributed by atoms with Gasteiger partial charge in [0.05, 0.1) is 22.8 Å². The van der Waals surface area contributed by atoms with Crippen LogP contribution >= 0.6 is 11.8 Å². The largest absolute Gasteiger partial charge is 0.416 e. The Labute approximate surface area is 136 Å². The van der Waals surface area contributed by atoms with Crippen molar-refractivity contribution in [1.29, 1.82) is 0 Å². The van der Waals surface area contributed by atoms with Crippen molar-refractivity contribution in [2.75, 3.05) is 23.5 Å². The van der Waals surface area contributed by atoms with Gasteiger partial charge in [0.1, 0.15) is 6.54 Å². The summed E-state index contributed by atoms with van der Waals surface area (Å²) in [6, 6.07) is 0.789. The summed E-state index contributed by atoms with van der Waals surface area (Å²) in [5.41, 5.74) is -3.69. The summed E-state index contributed by atoms with van der Waals surface area (Å²) in [5.74, 6) is -0.786. The van der Waals surface area contributed by atoms with Crippen LogP contribution in [0.2, 0.25) is 0 Å². The highest BCUT2D eigenvalue weighted by Crippen LogP contribution is 2.37. The smallest absolute Gasteiger partial charge is 0.325 e. The molecule has 4 nitrogen and oxygen atoms in total. The average molecular weight is 372 g/mol. The lowest BCUT2D eigenvalue weighted by Crippen LogP contribution is -2.34. The molecule has 1 aliphatic rings. The van der Waals surface area contributed by atoms with Gasteiger partial charge in [0.15, 0.2) is 0 Å². The third-order valence-corrected chi connectivity index (χ3v) is 3.98. The number of anilines is 1. The van der Waals surface area contributed by atoms with Gasteiger partial charge in [-0.1, -0.05) is 0 Å². The number of alkyl halides is 6. The molecule has 1 aliphatic heterocycles. The molecule has 0 unspecified atom stereocenters. The second kappa shape index (κ2) is 6.54. The van der Waals surface area contributed by atoms with Crippen molar-refractivity contribution in [3.63, 3.8) is 0 Å². The van der Waals surface area contributed by atoms with Crippen LogP contribution < -0.4 is 5.32 Å². The summed E-state index contributed by atoms with van der Waals surface area (Å²) < 4.78 is 76.3. The number of rotatable bonds is 3. The highest BCUT2D eigenvalue weighted by Gasteiger charge is 2.37. The first-order chi connectivity index (χ1) is 11.0. The van der Waals surface area contributed by atoms with E-state index in [0.29, 0.717) is 12.1 Å². The van der Waals surface area contributed by atoms with Gasteiger partial charge >= 0.3 is 12.4 Å². The highest BCUT2D eigenvalue weighted by atomic mass is 32.2. The first-order valence-electron chi connectivity index (χ1n) is 6.41. The Morgan fingerprint density at radius 2 is 1.62 bits per heavy atom. The molecule has 2 rings (SSSR count). The molecule has 1 heterocycles. The van der Waals surface area contributed by atoms with E-state index in [4.69, 9.17) is 0 Å². The number of nitrogens with one attached hydrogen (secondary N) is 1. The number of carbonyl (C=O) groups is 2. The molecule has 24 heavy (non-hydrogen) atoms. The quantitative estimate of drug-likeness (QED) is 0.829. The zero-order valence-electron chi connectivity index (χ0n) is 11.8. The Bertz CT molecular complexity index is 627. The Morgan fingerprint density at radius 1 is 1.08 bits per heavy atom. The number of carbonyl (C=O) groups excluding carboxylic acids is 2. The van der Waals surface area contributed by atoms with Crippen LogP contribution in [0.15, 0.2) is 18.2 Å². The number of amides is 2. The maximum absolute atomic E-state index is 12.7. The summed E-state index contributed by atoms with van der Waals surface area (Å²) >= 11 is 1.25. The molecule has 0 radical (unpaired) electrons. The molecule has 0 aliphatic carbocycles. The Morgan fingerprint density at radius 3 is 2.04 bits per heavy atom. The fourth-order valence-corrected chi connectivity index (χ4v) is 2.85. The van der Waals surface area contributed by atoms with E-state index >= 15 is 0 Å². The van der Waals surface area contributed by atoms with Gasteiger partial charge in [-0.3, -0.25) is 9.59 Å². The van der Waals surface area contributed by atoms with E-state index in [1.807, 2.05) is 5.32 Å². The molecule has 2 amide bonds. The summed E-state index contributed by atoms with van der Waals surface area (Å²) in [7, 11) is 0. The zero-order valence-corrected chi connectivity index (χ0v) is 12.6. The molecular formula is C13H10F6N2O2S. The van der Waals surface area contributed by atoms with Gasteiger partial charge in [-0.2, -0.15) is 26.3 Å². The first kappa shape index (κ1) is 18.4. The van der Waals surface area contributed by atoms with Crippen molar-refractivity contribution in [3.05, 3.63) is 29.3 Å². The molecule has 1 aromatic carbocycles. The molecule has 0 atom stereocenters. The predicted octanol–water partition coefficient (Wildman–Crippen LogP) is 3.20. The van der Waals surface area contributed by atoms with E-state index in [-0.39, 0.29) is 23.6 Å². The Hall–Kier alpha value is -1.91. The third kappa shape index (κ3) is 4.56. The van der Waals surface area contributed by atoms with Crippen molar-refractivity contribution in [2.24, 2.45) is 0 Å². The molecule has 0 aromatic heterocycles. The maximum Gasteiger partial charge on any atom is 0.416 e. The van der Waals surface area contributed by atoms with Crippen molar-refractivity contribution in [3.8, 4) is 0 Å². The van der Waals surface area contributed by atoms with Crippen LogP contribution in [0, 0.1) is 0 Å². The summed E-state index contributed by atoms with van der Waals surface area (Å²) in [4.78, 5) is 24.3. The summed E-state index contributed by atoms with van der Waals surface area (Å²) in [6.07, 6.45) is -10.00. The van der Waals surface area contributed by atoms with Gasteiger partial charge in [-0.25, -0.2) is 0 Å². The van der Waals surface area contributed by atoms with Gasteiger partial charge in [-0.15, -0.1) is 11.8 Å². The zero-order chi connectivity index (χ0) is 18.1. The number of hydrogen-bond acceptors (Lipinski definition) is 3. The van der Waals surface area contributed by atoms with Crippen LogP contribution in [-0.4, -0.2) is 34.9 Å².